The molecule has 1 N–H and O–H groups in total. The Balaban J connectivity index is 1.78. The van der Waals surface area contributed by atoms with Gasteiger partial charge < -0.3 is 19.7 Å². The summed E-state index contributed by atoms with van der Waals surface area (Å²) in [4.78, 5) is 10.6. The van der Waals surface area contributed by atoms with Crippen molar-refractivity contribution in [1.29, 1.82) is 0 Å². The Morgan fingerprint density at radius 1 is 1.30 bits per heavy atom. The molecule has 2 aliphatic heterocycles. The summed E-state index contributed by atoms with van der Waals surface area (Å²) in [5.41, 5.74) is 0.766. The van der Waals surface area contributed by atoms with Crippen LogP contribution in [0.3, 0.4) is 0 Å². The highest BCUT2D eigenvalue weighted by Crippen LogP contribution is 2.31. The number of hydrogen-bond acceptors (Lipinski definition) is 6. The maximum atomic E-state index is 6.12. The molecule has 110 valence electrons. The van der Waals surface area contributed by atoms with Crippen LogP contribution in [0, 0.1) is 0 Å². The number of aromatic nitrogens is 2. The van der Waals surface area contributed by atoms with Gasteiger partial charge in [-0.3, -0.25) is 0 Å². The van der Waals surface area contributed by atoms with E-state index in [1.54, 1.807) is 0 Å². The van der Waals surface area contributed by atoms with Crippen LogP contribution in [0.25, 0.3) is 0 Å². The van der Waals surface area contributed by atoms with E-state index in [0.29, 0.717) is 11.8 Å². The number of halogens is 1. The van der Waals surface area contributed by atoms with Crippen LogP contribution in [0.15, 0.2) is 6.33 Å². The first-order chi connectivity index (χ1) is 9.79. The van der Waals surface area contributed by atoms with Crippen LogP contribution in [-0.2, 0) is 9.47 Å². The second kappa shape index (κ2) is 6.11. The quantitative estimate of drug-likeness (QED) is 0.855. The third-order valence-electron chi connectivity index (χ3n) is 3.80. The maximum absolute atomic E-state index is 6.12. The molecule has 0 aromatic carbocycles. The van der Waals surface area contributed by atoms with Gasteiger partial charge >= 0.3 is 0 Å². The zero-order chi connectivity index (χ0) is 13.9. The van der Waals surface area contributed by atoms with Gasteiger partial charge in [-0.2, -0.15) is 0 Å². The highest BCUT2D eigenvalue weighted by Gasteiger charge is 2.32. The molecule has 3 heterocycles. The van der Waals surface area contributed by atoms with Gasteiger partial charge in [-0.25, -0.2) is 9.97 Å². The van der Waals surface area contributed by atoms with Crippen molar-refractivity contribution in [2.45, 2.75) is 25.0 Å². The van der Waals surface area contributed by atoms with E-state index in [1.807, 2.05) is 7.05 Å². The van der Waals surface area contributed by atoms with Crippen molar-refractivity contribution in [3.8, 4) is 0 Å². The minimum absolute atomic E-state index is 0.102. The van der Waals surface area contributed by atoms with Crippen molar-refractivity contribution in [1.82, 2.24) is 9.97 Å². The van der Waals surface area contributed by atoms with E-state index in [4.69, 9.17) is 21.1 Å². The molecule has 0 radical (unpaired) electrons. The van der Waals surface area contributed by atoms with Crippen LogP contribution >= 0.6 is 11.6 Å². The number of rotatable bonds is 3. The molecule has 1 aromatic heterocycles. The summed E-state index contributed by atoms with van der Waals surface area (Å²) >= 11 is 6.12. The molecule has 3 rings (SSSR count). The lowest BCUT2D eigenvalue weighted by Gasteiger charge is -2.36. The van der Waals surface area contributed by atoms with Gasteiger partial charge in [0.05, 0.1) is 12.7 Å². The molecule has 0 saturated carbocycles. The molecule has 0 spiro atoms. The highest BCUT2D eigenvalue weighted by atomic mass is 35.5. The maximum Gasteiger partial charge on any atom is 0.157 e. The van der Waals surface area contributed by atoms with Crippen molar-refractivity contribution in [2.24, 2.45) is 0 Å². The third kappa shape index (κ3) is 2.68. The lowest BCUT2D eigenvalue weighted by Crippen LogP contribution is -2.48. The fourth-order valence-corrected chi connectivity index (χ4v) is 3.02. The first-order valence-electron chi connectivity index (χ1n) is 6.96. The van der Waals surface area contributed by atoms with Crippen molar-refractivity contribution in [3.05, 3.63) is 11.5 Å². The molecule has 1 aromatic rings. The van der Waals surface area contributed by atoms with Crippen LogP contribution in [0.1, 0.15) is 12.8 Å². The molecule has 0 bridgehead atoms. The average molecular weight is 299 g/mol. The molecular weight excluding hydrogens is 280 g/mol. The van der Waals surface area contributed by atoms with Gasteiger partial charge in [0.1, 0.15) is 18.1 Å². The second-order valence-corrected chi connectivity index (χ2v) is 5.38. The lowest BCUT2D eigenvalue weighted by atomic mass is 10.1. The van der Waals surface area contributed by atoms with E-state index >= 15 is 0 Å². The Morgan fingerprint density at radius 3 is 2.90 bits per heavy atom. The molecule has 6 nitrogen and oxygen atoms in total. The fourth-order valence-electron chi connectivity index (χ4n) is 2.80. The Hall–Kier alpha value is -1.11. The predicted octanol–water partition coefficient (Wildman–Crippen LogP) is 1.56. The van der Waals surface area contributed by atoms with E-state index in [0.717, 1.165) is 44.0 Å². The minimum atomic E-state index is 0.102. The molecule has 2 fully saturated rings. The smallest absolute Gasteiger partial charge is 0.157 e. The van der Waals surface area contributed by atoms with Crippen LogP contribution in [0.2, 0.25) is 5.15 Å². The number of nitrogens with zero attached hydrogens (tertiary/aromatic N) is 3. The molecule has 0 aliphatic carbocycles. The van der Waals surface area contributed by atoms with E-state index < -0.39 is 0 Å². The summed E-state index contributed by atoms with van der Waals surface area (Å²) in [6, 6.07) is 0. The van der Waals surface area contributed by atoms with Crippen LogP contribution < -0.4 is 10.2 Å². The zero-order valence-electron chi connectivity index (χ0n) is 11.5. The van der Waals surface area contributed by atoms with Gasteiger partial charge in [0.15, 0.2) is 11.0 Å². The highest BCUT2D eigenvalue weighted by molar-refractivity contribution is 6.32. The summed E-state index contributed by atoms with van der Waals surface area (Å²) in [5.74, 6) is 0.832. The largest absolute Gasteiger partial charge is 0.383 e. The summed E-state index contributed by atoms with van der Waals surface area (Å²) in [6.07, 6.45) is 3.99. The second-order valence-electron chi connectivity index (χ2n) is 5.02. The van der Waals surface area contributed by atoms with E-state index in [9.17, 15) is 0 Å². The predicted molar refractivity (Wildman–Crippen MR) is 77.5 cm³/mol. The SMILES string of the molecule is CNc1c(Cl)ncnc1N1CCO[C@@H]([C@H]2CCCO2)C1. The Kier molecular flexibility index (Phi) is 4.24. The van der Waals surface area contributed by atoms with Gasteiger partial charge in [0.25, 0.3) is 0 Å². The van der Waals surface area contributed by atoms with Gasteiger partial charge in [0.2, 0.25) is 0 Å². The molecular formula is C13H19ClN4O2. The number of morpholine rings is 1. The molecule has 2 saturated heterocycles. The fraction of sp³-hybridized carbons (Fsp3) is 0.692. The summed E-state index contributed by atoms with van der Waals surface area (Å²) in [6.45, 7) is 3.08. The van der Waals surface area contributed by atoms with Crippen molar-refractivity contribution in [3.63, 3.8) is 0 Å². The van der Waals surface area contributed by atoms with Crippen molar-refractivity contribution < 1.29 is 9.47 Å². The lowest BCUT2D eigenvalue weighted by molar-refractivity contribution is -0.0544. The Morgan fingerprint density at radius 2 is 2.15 bits per heavy atom. The Labute approximate surface area is 123 Å². The third-order valence-corrected chi connectivity index (χ3v) is 4.09. The molecule has 2 atom stereocenters. The molecule has 0 unspecified atom stereocenters. The molecule has 2 aliphatic rings. The van der Waals surface area contributed by atoms with Crippen LogP contribution in [0.5, 0.6) is 0 Å². The number of anilines is 2. The van der Waals surface area contributed by atoms with Crippen molar-refractivity contribution >= 4 is 23.1 Å². The van der Waals surface area contributed by atoms with E-state index in [1.165, 1.54) is 6.33 Å². The number of ether oxygens (including phenoxy) is 2. The summed E-state index contributed by atoms with van der Waals surface area (Å²) in [7, 11) is 1.83. The van der Waals surface area contributed by atoms with E-state index in [2.05, 4.69) is 20.2 Å². The minimum Gasteiger partial charge on any atom is -0.383 e. The monoisotopic (exact) mass is 298 g/mol. The van der Waals surface area contributed by atoms with Crippen molar-refractivity contribution in [2.75, 3.05) is 43.6 Å². The van der Waals surface area contributed by atoms with Gasteiger partial charge in [-0.05, 0) is 12.8 Å². The van der Waals surface area contributed by atoms with Crippen LogP contribution in [0.4, 0.5) is 11.5 Å². The molecule has 7 heteroatoms. The standard InChI is InChI=1S/C13H19ClN4O2/c1-15-11-12(14)16-8-17-13(11)18-4-6-20-10(7-18)9-3-2-5-19-9/h8-10,15H,2-7H2,1H3/t9-,10-/m1/s1. The first kappa shape index (κ1) is 13.9. The van der Waals surface area contributed by atoms with E-state index in [-0.39, 0.29) is 12.2 Å². The van der Waals surface area contributed by atoms with Gasteiger partial charge in [-0.1, -0.05) is 11.6 Å². The topological polar surface area (TPSA) is 59.5 Å². The average Bonchev–Trinajstić information content (AvgIpc) is 3.01. The number of nitrogens with one attached hydrogen (secondary N) is 1. The molecule has 0 amide bonds. The summed E-state index contributed by atoms with van der Waals surface area (Å²) < 4.78 is 11.6. The van der Waals surface area contributed by atoms with Gasteiger partial charge in [0, 0.05) is 26.7 Å². The van der Waals surface area contributed by atoms with Crippen LogP contribution in [-0.4, -0.2) is 55.5 Å². The zero-order valence-corrected chi connectivity index (χ0v) is 12.3. The first-order valence-corrected chi connectivity index (χ1v) is 7.34. The molecule has 20 heavy (non-hydrogen) atoms. The normalized spacial score (nSPS) is 26.8. The Bertz CT molecular complexity index is 468. The number of hydrogen-bond donors (Lipinski definition) is 1. The van der Waals surface area contributed by atoms with Gasteiger partial charge in [-0.15, -0.1) is 0 Å². The summed E-state index contributed by atoms with van der Waals surface area (Å²) in [5, 5.41) is 3.52.